The minimum Gasteiger partial charge on any atom is -0.326 e. The molecule has 0 heterocycles. The maximum atomic E-state index is 12.6. The molecule has 0 aromatic heterocycles. The minimum atomic E-state index is 0.0267. The van der Waals surface area contributed by atoms with Gasteiger partial charge in [-0.1, -0.05) is 18.2 Å². The molecule has 0 aliphatic heterocycles. The van der Waals surface area contributed by atoms with Crippen molar-refractivity contribution in [1.29, 1.82) is 0 Å². The van der Waals surface area contributed by atoms with Gasteiger partial charge in [0, 0.05) is 24.8 Å². The van der Waals surface area contributed by atoms with Crippen LogP contribution in [0.2, 0.25) is 0 Å². The van der Waals surface area contributed by atoms with Crippen LogP contribution in [-0.2, 0) is 19.4 Å². The van der Waals surface area contributed by atoms with E-state index < -0.39 is 0 Å². The van der Waals surface area contributed by atoms with Crippen LogP contribution in [0.15, 0.2) is 42.5 Å². The molecule has 0 bridgehead atoms. The van der Waals surface area contributed by atoms with Crippen molar-refractivity contribution in [3.8, 4) is 0 Å². The number of hydrogen-bond donors (Lipinski definition) is 1. The number of rotatable bonds is 3. The summed E-state index contributed by atoms with van der Waals surface area (Å²) in [7, 11) is 1.81. The van der Waals surface area contributed by atoms with Crippen molar-refractivity contribution < 1.29 is 4.79 Å². The van der Waals surface area contributed by atoms with Gasteiger partial charge in [0.1, 0.15) is 0 Å². The Morgan fingerprint density at radius 3 is 2.76 bits per heavy atom. The van der Waals surface area contributed by atoms with Gasteiger partial charge >= 0.3 is 0 Å². The number of amides is 1. The Morgan fingerprint density at radius 1 is 1.14 bits per heavy atom. The van der Waals surface area contributed by atoms with Gasteiger partial charge in [0.2, 0.25) is 0 Å². The molecule has 1 aliphatic rings. The molecule has 0 radical (unpaired) electrons. The maximum Gasteiger partial charge on any atom is 0.258 e. The summed E-state index contributed by atoms with van der Waals surface area (Å²) >= 11 is 0. The van der Waals surface area contributed by atoms with Crippen LogP contribution in [0.3, 0.4) is 0 Å². The van der Waals surface area contributed by atoms with E-state index in [4.69, 9.17) is 5.73 Å². The minimum absolute atomic E-state index is 0.0267. The number of anilines is 1. The molecule has 0 saturated heterocycles. The molecule has 21 heavy (non-hydrogen) atoms. The molecule has 2 N–H and O–H groups in total. The summed E-state index contributed by atoms with van der Waals surface area (Å²) in [4.78, 5) is 14.3. The molecular formula is C18H20N2O. The van der Waals surface area contributed by atoms with Crippen LogP contribution < -0.4 is 10.6 Å². The molecule has 0 fully saturated rings. The lowest BCUT2D eigenvalue weighted by Gasteiger charge is -2.18. The van der Waals surface area contributed by atoms with Gasteiger partial charge in [0.25, 0.3) is 5.91 Å². The Balaban J connectivity index is 1.87. The Morgan fingerprint density at radius 2 is 1.95 bits per heavy atom. The Bertz CT molecular complexity index is 679. The van der Waals surface area contributed by atoms with E-state index in [-0.39, 0.29) is 5.91 Å². The van der Waals surface area contributed by atoms with Crippen LogP contribution in [0.4, 0.5) is 5.69 Å². The second-order valence-electron chi connectivity index (χ2n) is 5.58. The monoisotopic (exact) mass is 280 g/mol. The van der Waals surface area contributed by atoms with Gasteiger partial charge in [0.05, 0.1) is 0 Å². The molecule has 0 spiro atoms. The van der Waals surface area contributed by atoms with E-state index in [1.54, 1.807) is 4.90 Å². The van der Waals surface area contributed by atoms with Gasteiger partial charge in [-0.2, -0.15) is 0 Å². The Kier molecular flexibility index (Phi) is 3.76. The van der Waals surface area contributed by atoms with Gasteiger partial charge in [-0.3, -0.25) is 4.79 Å². The average molecular weight is 280 g/mol. The van der Waals surface area contributed by atoms with E-state index >= 15 is 0 Å². The largest absolute Gasteiger partial charge is 0.326 e. The second-order valence-corrected chi connectivity index (χ2v) is 5.58. The molecule has 3 heteroatoms. The first-order valence-electron chi connectivity index (χ1n) is 7.38. The molecule has 108 valence electrons. The maximum absolute atomic E-state index is 12.6. The topological polar surface area (TPSA) is 46.3 Å². The normalized spacial score (nSPS) is 13.0. The van der Waals surface area contributed by atoms with E-state index in [9.17, 15) is 4.79 Å². The van der Waals surface area contributed by atoms with Crippen LogP contribution in [0.25, 0.3) is 0 Å². The third-order valence-electron chi connectivity index (χ3n) is 4.18. The van der Waals surface area contributed by atoms with E-state index in [1.165, 1.54) is 17.5 Å². The van der Waals surface area contributed by atoms with Gasteiger partial charge in [-0.25, -0.2) is 0 Å². The number of carbonyl (C=O) groups is 1. The predicted octanol–water partition coefficient (Wildman–Crippen LogP) is 2.91. The molecule has 1 amide bonds. The molecule has 3 rings (SSSR count). The molecule has 1 aliphatic carbocycles. The van der Waals surface area contributed by atoms with Crippen LogP contribution in [0.5, 0.6) is 0 Å². The summed E-state index contributed by atoms with van der Waals surface area (Å²) in [6, 6.07) is 13.9. The zero-order valence-corrected chi connectivity index (χ0v) is 12.3. The third kappa shape index (κ3) is 2.69. The third-order valence-corrected chi connectivity index (χ3v) is 4.18. The lowest BCUT2D eigenvalue weighted by atomic mass is 10.1. The zero-order valence-electron chi connectivity index (χ0n) is 12.3. The smallest absolute Gasteiger partial charge is 0.258 e. The van der Waals surface area contributed by atoms with Crippen molar-refractivity contribution in [2.45, 2.75) is 25.8 Å². The van der Waals surface area contributed by atoms with E-state index in [1.807, 2.05) is 43.4 Å². The number of fused-ring (bicyclic) bond motifs is 1. The summed E-state index contributed by atoms with van der Waals surface area (Å²) in [6.07, 6.45) is 3.42. The molecule has 3 nitrogen and oxygen atoms in total. The number of aryl methyl sites for hydroxylation is 2. The van der Waals surface area contributed by atoms with Crippen LogP contribution in [0, 0.1) is 0 Å². The highest BCUT2D eigenvalue weighted by Crippen LogP contribution is 2.24. The molecule has 0 saturated carbocycles. The highest BCUT2D eigenvalue weighted by Gasteiger charge is 2.17. The highest BCUT2D eigenvalue weighted by molar-refractivity contribution is 6.05. The fourth-order valence-corrected chi connectivity index (χ4v) is 2.91. The standard InChI is InChI=1S/C18H20N2O/c1-20(17-7-2-4-13(10-17)12-19)18(21)16-9-8-14-5-3-6-15(14)11-16/h2,4,7-11H,3,5-6,12,19H2,1H3. The Hall–Kier alpha value is -2.13. The van der Waals surface area contributed by atoms with E-state index in [0.29, 0.717) is 6.54 Å². The first-order chi connectivity index (χ1) is 10.2. The number of nitrogens with two attached hydrogens (primary N) is 1. The summed E-state index contributed by atoms with van der Waals surface area (Å²) in [5, 5.41) is 0. The van der Waals surface area contributed by atoms with Crippen LogP contribution in [0.1, 0.15) is 33.5 Å². The van der Waals surface area contributed by atoms with Crippen LogP contribution in [-0.4, -0.2) is 13.0 Å². The number of carbonyl (C=O) groups excluding carboxylic acids is 1. The lowest BCUT2D eigenvalue weighted by molar-refractivity contribution is 0.0993. The SMILES string of the molecule is CN(C(=O)c1ccc2c(c1)CCC2)c1cccc(CN)c1. The van der Waals surface area contributed by atoms with Crippen molar-refractivity contribution >= 4 is 11.6 Å². The number of nitrogens with zero attached hydrogens (tertiary/aromatic N) is 1. The van der Waals surface area contributed by atoms with E-state index in [2.05, 4.69) is 6.07 Å². The number of hydrogen-bond acceptors (Lipinski definition) is 2. The van der Waals surface area contributed by atoms with Crippen molar-refractivity contribution in [3.63, 3.8) is 0 Å². The molecule has 0 unspecified atom stereocenters. The molecule has 2 aromatic carbocycles. The average Bonchev–Trinajstić information content (AvgIpc) is 3.01. The van der Waals surface area contributed by atoms with Crippen molar-refractivity contribution in [2.24, 2.45) is 5.73 Å². The molecule has 2 aromatic rings. The highest BCUT2D eigenvalue weighted by atomic mass is 16.2. The van der Waals surface area contributed by atoms with E-state index in [0.717, 1.165) is 29.7 Å². The summed E-state index contributed by atoms with van der Waals surface area (Å²) < 4.78 is 0. The molecular weight excluding hydrogens is 260 g/mol. The van der Waals surface area contributed by atoms with Crippen molar-refractivity contribution in [3.05, 3.63) is 64.7 Å². The van der Waals surface area contributed by atoms with Crippen molar-refractivity contribution in [1.82, 2.24) is 0 Å². The summed E-state index contributed by atoms with van der Waals surface area (Å²) in [5.41, 5.74) is 11.0. The quantitative estimate of drug-likeness (QED) is 0.939. The van der Waals surface area contributed by atoms with Gasteiger partial charge in [-0.15, -0.1) is 0 Å². The lowest BCUT2D eigenvalue weighted by Crippen LogP contribution is -2.26. The van der Waals surface area contributed by atoms with Gasteiger partial charge in [0.15, 0.2) is 0 Å². The first-order valence-corrected chi connectivity index (χ1v) is 7.38. The van der Waals surface area contributed by atoms with Crippen molar-refractivity contribution in [2.75, 3.05) is 11.9 Å². The van der Waals surface area contributed by atoms with Gasteiger partial charge < -0.3 is 10.6 Å². The fraction of sp³-hybridized carbons (Fsp3) is 0.278. The summed E-state index contributed by atoms with van der Waals surface area (Å²) in [6.45, 7) is 0.481. The van der Waals surface area contributed by atoms with Crippen LogP contribution >= 0.6 is 0 Å². The predicted molar refractivity (Wildman–Crippen MR) is 85.5 cm³/mol. The molecule has 0 atom stereocenters. The Labute approximate surface area is 125 Å². The summed E-state index contributed by atoms with van der Waals surface area (Å²) in [5.74, 6) is 0.0267. The zero-order chi connectivity index (χ0) is 14.8. The van der Waals surface area contributed by atoms with Gasteiger partial charge in [-0.05, 0) is 60.2 Å². The number of benzene rings is 2. The first kappa shape index (κ1) is 13.8. The fourth-order valence-electron chi connectivity index (χ4n) is 2.91. The second kappa shape index (κ2) is 5.70.